The van der Waals surface area contributed by atoms with Gasteiger partial charge < -0.3 is 15.4 Å². The van der Waals surface area contributed by atoms with Crippen LogP contribution in [-0.2, 0) is 9.53 Å². The van der Waals surface area contributed by atoms with Crippen LogP contribution in [0.25, 0.3) is 0 Å². The molecule has 0 spiro atoms. The van der Waals surface area contributed by atoms with Crippen molar-refractivity contribution in [1.82, 2.24) is 10.6 Å². The zero-order valence-corrected chi connectivity index (χ0v) is 12.8. The largest absolute Gasteiger partial charge is 0.456 e. The molecule has 6 heteroatoms. The lowest BCUT2D eigenvalue weighted by atomic mass is 9.97. The normalized spacial score (nSPS) is 19.4. The summed E-state index contributed by atoms with van der Waals surface area (Å²) < 4.78 is 5.43. The summed E-state index contributed by atoms with van der Waals surface area (Å²) in [6.45, 7) is 7.15. The van der Waals surface area contributed by atoms with Crippen LogP contribution in [0.15, 0.2) is 28.1 Å². The zero-order valence-electron chi connectivity index (χ0n) is 11.9. The third-order valence-electron chi connectivity index (χ3n) is 2.76. The predicted molar refractivity (Wildman–Crippen MR) is 77.3 cm³/mol. The van der Waals surface area contributed by atoms with Crippen molar-refractivity contribution in [3.63, 3.8) is 0 Å². The molecule has 0 bridgehead atoms. The first kappa shape index (κ1) is 14.6. The number of esters is 1. The quantitative estimate of drug-likeness (QED) is 0.824. The Bertz CT molecular complexity index is 555. The van der Waals surface area contributed by atoms with Gasteiger partial charge in [-0.1, -0.05) is 0 Å². The van der Waals surface area contributed by atoms with Gasteiger partial charge in [-0.3, -0.25) is 0 Å². The Morgan fingerprint density at radius 2 is 2.10 bits per heavy atom. The van der Waals surface area contributed by atoms with Gasteiger partial charge in [-0.15, -0.1) is 0 Å². The van der Waals surface area contributed by atoms with Gasteiger partial charge in [0.15, 0.2) is 0 Å². The highest BCUT2D eigenvalue weighted by Gasteiger charge is 2.34. The number of carbonyl (C=O) groups is 2. The number of thiophene rings is 1. The minimum absolute atomic E-state index is 0.314. The molecule has 20 heavy (non-hydrogen) atoms. The summed E-state index contributed by atoms with van der Waals surface area (Å²) in [4.78, 5) is 24.0. The first-order valence-electron chi connectivity index (χ1n) is 6.31. The molecule has 108 valence electrons. The average Bonchev–Trinajstić information content (AvgIpc) is 2.77. The van der Waals surface area contributed by atoms with Gasteiger partial charge >= 0.3 is 12.0 Å². The molecule has 1 aromatic rings. The van der Waals surface area contributed by atoms with Gasteiger partial charge in [0.2, 0.25) is 0 Å². The summed E-state index contributed by atoms with van der Waals surface area (Å²) in [6, 6.07) is 1.11. The second kappa shape index (κ2) is 5.28. The van der Waals surface area contributed by atoms with Crippen molar-refractivity contribution >= 4 is 23.3 Å². The molecule has 2 rings (SSSR count). The summed E-state index contributed by atoms with van der Waals surface area (Å²) in [6.07, 6.45) is 0. The lowest BCUT2D eigenvalue weighted by molar-refractivity contribution is -0.150. The Morgan fingerprint density at radius 1 is 1.40 bits per heavy atom. The Labute approximate surface area is 122 Å². The maximum Gasteiger partial charge on any atom is 0.338 e. The third kappa shape index (κ3) is 3.19. The maximum atomic E-state index is 12.4. The molecule has 1 aliphatic rings. The molecule has 1 unspecified atom stereocenters. The summed E-state index contributed by atoms with van der Waals surface area (Å²) in [5.41, 5.74) is 1.27. The molecule has 0 aliphatic carbocycles. The second-order valence-corrected chi connectivity index (χ2v) is 6.41. The number of carbonyl (C=O) groups excluding carboxylic acids is 2. The number of nitrogens with one attached hydrogen (secondary N) is 2. The summed E-state index contributed by atoms with van der Waals surface area (Å²) in [5, 5.41) is 9.20. The molecule has 0 saturated heterocycles. The average molecular weight is 294 g/mol. The van der Waals surface area contributed by atoms with Gasteiger partial charge in [-0.05, 0) is 50.1 Å². The minimum atomic E-state index is -0.578. The molecule has 1 atom stereocenters. The van der Waals surface area contributed by atoms with Crippen molar-refractivity contribution in [2.24, 2.45) is 0 Å². The van der Waals surface area contributed by atoms with Crippen LogP contribution in [0.5, 0.6) is 0 Å². The highest BCUT2D eigenvalue weighted by atomic mass is 32.1. The van der Waals surface area contributed by atoms with Gasteiger partial charge in [0.25, 0.3) is 0 Å². The SMILES string of the molecule is CC1=C(C(=O)OC(C)(C)C)C(c2ccsc2)NC(=O)N1. The van der Waals surface area contributed by atoms with Crippen molar-refractivity contribution in [2.75, 3.05) is 0 Å². The number of rotatable bonds is 2. The fraction of sp³-hybridized carbons (Fsp3) is 0.429. The maximum absolute atomic E-state index is 12.4. The highest BCUT2D eigenvalue weighted by molar-refractivity contribution is 7.08. The molecule has 0 radical (unpaired) electrons. The summed E-state index contributed by atoms with van der Waals surface area (Å²) in [5.74, 6) is -0.418. The van der Waals surface area contributed by atoms with Crippen LogP contribution in [0.2, 0.25) is 0 Å². The van der Waals surface area contributed by atoms with Gasteiger partial charge in [-0.2, -0.15) is 11.3 Å². The number of hydrogen-bond acceptors (Lipinski definition) is 4. The number of ether oxygens (including phenoxy) is 1. The molecule has 1 aromatic heterocycles. The number of allylic oxidation sites excluding steroid dienone is 1. The van der Waals surface area contributed by atoms with Crippen LogP contribution in [0, 0.1) is 0 Å². The van der Waals surface area contributed by atoms with E-state index < -0.39 is 17.6 Å². The van der Waals surface area contributed by atoms with Gasteiger partial charge in [0.1, 0.15) is 5.60 Å². The molecule has 2 amide bonds. The summed E-state index contributed by atoms with van der Waals surface area (Å²) in [7, 11) is 0. The van der Waals surface area contributed by atoms with E-state index in [0.717, 1.165) is 5.56 Å². The first-order valence-corrected chi connectivity index (χ1v) is 7.26. The van der Waals surface area contributed by atoms with E-state index in [-0.39, 0.29) is 6.03 Å². The van der Waals surface area contributed by atoms with E-state index in [1.165, 1.54) is 11.3 Å². The Hall–Kier alpha value is -1.82. The number of hydrogen-bond donors (Lipinski definition) is 2. The monoisotopic (exact) mass is 294 g/mol. The van der Waals surface area contributed by atoms with Crippen molar-refractivity contribution in [2.45, 2.75) is 39.3 Å². The molecule has 2 heterocycles. The lowest BCUT2D eigenvalue weighted by Crippen LogP contribution is -2.45. The van der Waals surface area contributed by atoms with Crippen molar-refractivity contribution < 1.29 is 14.3 Å². The molecule has 5 nitrogen and oxygen atoms in total. The molecular formula is C14H18N2O3S. The molecular weight excluding hydrogens is 276 g/mol. The van der Waals surface area contributed by atoms with Crippen LogP contribution in [0.1, 0.15) is 39.3 Å². The predicted octanol–water partition coefficient (Wildman–Crippen LogP) is 2.72. The highest BCUT2D eigenvalue weighted by Crippen LogP contribution is 2.29. The molecule has 0 saturated carbocycles. The fourth-order valence-electron chi connectivity index (χ4n) is 1.99. The Morgan fingerprint density at radius 3 is 2.65 bits per heavy atom. The van der Waals surface area contributed by atoms with Crippen LogP contribution in [0.4, 0.5) is 4.79 Å². The smallest absolute Gasteiger partial charge is 0.338 e. The number of urea groups is 1. The van der Waals surface area contributed by atoms with Gasteiger partial charge in [0.05, 0.1) is 11.6 Å². The van der Waals surface area contributed by atoms with Gasteiger partial charge in [-0.25, -0.2) is 9.59 Å². The van der Waals surface area contributed by atoms with Crippen molar-refractivity contribution in [3.05, 3.63) is 33.7 Å². The van der Waals surface area contributed by atoms with Crippen LogP contribution >= 0.6 is 11.3 Å². The van der Waals surface area contributed by atoms with E-state index in [4.69, 9.17) is 4.74 Å². The molecule has 0 fully saturated rings. The van der Waals surface area contributed by atoms with Gasteiger partial charge in [0, 0.05) is 5.70 Å². The lowest BCUT2D eigenvalue weighted by Gasteiger charge is -2.29. The summed E-state index contributed by atoms with van der Waals surface area (Å²) >= 11 is 1.52. The van der Waals surface area contributed by atoms with E-state index >= 15 is 0 Å². The first-order chi connectivity index (χ1) is 9.28. The number of amides is 2. The van der Waals surface area contributed by atoms with E-state index in [2.05, 4.69) is 10.6 Å². The van der Waals surface area contributed by atoms with E-state index in [9.17, 15) is 9.59 Å². The second-order valence-electron chi connectivity index (χ2n) is 5.63. The fourth-order valence-corrected chi connectivity index (χ4v) is 2.67. The van der Waals surface area contributed by atoms with E-state index in [1.54, 1.807) is 6.92 Å². The minimum Gasteiger partial charge on any atom is -0.456 e. The Kier molecular flexibility index (Phi) is 3.85. The topological polar surface area (TPSA) is 67.4 Å². The van der Waals surface area contributed by atoms with Crippen LogP contribution in [0.3, 0.4) is 0 Å². The third-order valence-corrected chi connectivity index (χ3v) is 3.47. The van der Waals surface area contributed by atoms with E-state index in [0.29, 0.717) is 11.3 Å². The van der Waals surface area contributed by atoms with Crippen LogP contribution < -0.4 is 10.6 Å². The van der Waals surface area contributed by atoms with E-state index in [1.807, 2.05) is 37.6 Å². The molecule has 0 aromatic carbocycles. The zero-order chi connectivity index (χ0) is 14.9. The molecule has 1 aliphatic heterocycles. The molecule has 2 N–H and O–H groups in total. The Balaban J connectivity index is 2.37. The standard InChI is InChI=1S/C14H18N2O3S/c1-8-10(12(17)19-14(2,3)4)11(16-13(18)15-8)9-5-6-20-7-9/h5-7,11H,1-4H3,(H2,15,16,18). The van der Waals surface area contributed by atoms with Crippen molar-refractivity contribution in [1.29, 1.82) is 0 Å². The van der Waals surface area contributed by atoms with Crippen molar-refractivity contribution in [3.8, 4) is 0 Å². The van der Waals surface area contributed by atoms with Crippen LogP contribution in [-0.4, -0.2) is 17.6 Å².